The van der Waals surface area contributed by atoms with Crippen molar-refractivity contribution in [2.24, 2.45) is 0 Å². The largest absolute Gasteiger partial charge is 0.386 e. The van der Waals surface area contributed by atoms with Crippen molar-refractivity contribution in [2.75, 3.05) is 6.54 Å². The Bertz CT molecular complexity index is 629. The number of benzene rings is 1. The molecule has 106 valence electrons. The van der Waals surface area contributed by atoms with Gasteiger partial charge in [0.15, 0.2) is 0 Å². The van der Waals surface area contributed by atoms with Crippen LogP contribution in [0.4, 0.5) is 4.39 Å². The third kappa shape index (κ3) is 3.36. The van der Waals surface area contributed by atoms with Crippen LogP contribution in [-0.4, -0.2) is 17.6 Å². The molecule has 1 unspecified atom stereocenters. The molecular weight excluding hydrogens is 301 g/mol. The summed E-state index contributed by atoms with van der Waals surface area (Å²) >= 11 is 7.24. The monoisotopic (exact) mass is 313 g/mol. The lowest BCUT2D eigenvalue weighted by Gasteiger charge is -2.12. The molecule has 20 heavy (non-hydrogen) atoms. The van der Waals surface area contributed by atoms with E-state index in [0.717, 1.165) is 16.5 Å². The van der Waals surface area contributed by atoms with Crippen molar-refractivity contribution in [1.82, 2.24) is 5.32 Å². The van der Waals surface area contributed by atoms with Gasteiger partial charge in [0.05, 0.1) is 10.6 Å². The molecule has 0 fully saturated rings. The Morgan fingerprint density at radius 1 is 1.50 bits per heavy atom. The summed E-state index contributed by atoms with van der Waals surface area (Å²) in [7, 11) is 0. The normalized spacial score (nSPS) is 12.2. The highest BCUT2D eigenvalue weighted by molar-refractivity contribution is 7.10. The molecule has 6 heteroatoms. The number of hydrogen-bond donors (Lipinski definition) is 2. The predicted molar refractivity (Wildman–Crippen MR) is 77.8 cm³/mol. The van der Waals surface area contributed by atoms with E-state index in [0.29, 0.717) is 0 Å². The third-order valence-electron chi connectivity index (χ3n) is 2.84. The number of amides is 1. The van der Waals surface area contributed by atoms with Crippen molar-refractivity contribution in [1.29, 1.82) is 0 Å². The Labute approximate surface area is 125 Å². The second kappa shape index (κ2) is 6.35. The van der Waals surface area contributed by atoms with Gasteiger partial charge in [0.1, 0.15) is 11.9 Å². The maximum atomic E-state index is 12.9. The molecule has 0 aliphatic carbocycles. The van der Waals surface area contributed by atoms with Gasteiger partial charge >= 0.3 is 0 Å². The summed E-state index contributed by atoms with van der Waals surface area (Å²) in [6.07, 6.45) is -0.766. The van der Waals surface area contributed by atoms with Crippen LogP contribution in [0.3, 0.4) is 0 Å². The fourth-order valence-electron chi connectivity index (χ4n) is 1.78. The maximum Gasteiger partial charge on any atom is 0.252 e. The minimum absolute atomic E-state index is 0.0456. The molecule has 1 amide bonds. The van der Waals surface area contributed by atoms with E-state index in [2.05, 4.69) is 5.32 Å². The maximum absolute atomic E-state index is 12.9. The van der Waals surface area contributed by atoms with Gasteiger partial charge in [-0.1, -0.05) is 11.6 Å². The Morgan fingerprint density at radius 2 is 2.25 bits per heavy atom. The number of hydrogen-bond acceptors (Lipinski definition) is 3. The number of rotatable bonds is 4. The zero-order chi connectivity index (χ0) is 14.7. The van der Waals surface area contributed by atoms with E-state index in [1.54, 1.807) is 0 Å². The van der Waals surface area contributed by atoms with E-state index in [-0.39, 0.29) is 17.1 Å². The second-order valence-electron chi connectivity index (χ2n) is 4.32. The van der Waals surface area contributed by atoms with Gasteiger partial charge in [-0.2, -0.15) is 0 Å². The van der Waals surface area contributed by atoms with Gasteiger partial charge in [-0.3, -0.25) is 4.79 Å². The molecule has 1 aromatic carbocycles. The highest BCUT2D eigenvalue weighted by Gasteiger charge is 2.15. The van der Waals surface area contributed by atoms with Gasteiger partial charge in [-0.05, 0) is 42.1 Å². The van der Waals surface area contributed by atoms with E-state index in [1.165, 1.54) is 23.5 Å². The number of thiophene rings is 1. The van der Waals surface area contributed by atoms with E-state index >= 15 is 0 Å². The number of carbonyl (C=O) groups excluding carboxylic acids is 1. The van der Waals surface area contributed by atoms with Gasteiger partial charge < -0.3 is 10.4 Å². The molecule has 0 bridgehead atoms. The minimum atomic E-state index is -0.766. The standard InChI is InChI=1S/C14H13ClFNO2S/c1-8-4-5-20-13(8)12(18)7-17-14(19)10-3-2-9(16)6-11(10)15/h2-6,12,18H,7H2,1H3,(H,17,19). The van der Waals surface area contributed by atoms with Crippen LogP contribution in [0.1, 0.15) is 26.9 Å². The number of aryl methyl sites for hydroxylation is 1. The van der Waals surface area contributed by atoms with Crippen molar-refractivity contribution < 1.29 is 14.3 Å². The van der Waals surface area contributed by atoms with Crippen molar-refractivity contribution >= 4 is 28.8 Å². The molecule has 2 aromatic rings. The number of carbonyl (C=O) groups is 1. The first kappa shape index (κ1) is 15.0. The van der Waals surface area contributed by atoms with Crippen molar-refractivity contribution in [3.8, 4) is 0 Å². The highest BCUT2D eigenvalue weighted by atomic mass is 35.5. The van der Waals surface area contributed by atoms with Crippen LogP contribution in [0.5, 0.6) is 0 Å². The SMILES string of the molecule is Cc1ccsc1C(O)CNC(=O)c1ccc(F)cc1Cl. The number of nitrogens with one attached hydrogen (secondary N) is 1. The topological polar surface area (TPSA) is 49.3 Å². The summed E-state index contributed by atoms with van der Waals surface area (Å²) in [5.41, 5.74) is 1.17. The quantitative estimate of drug-likeness (QED) is 0.910. The molecule has 0 radical (unpaired) electrons. The van der Waals surface area contributed by atoms with Crippen molar-refractivity contribution in [2.45, 2.75) is 13.0 Å². The molecule has 2 N–H and O–H groups in total. The average Bonchev–Trinajstić information content (AvgIpc) is 2.82. The first-order chi connectivity index (χ1) is 9.49. The fourth-order valence-corrected chi connectivity index (χ4v) is 2.94. The van der Waals surface area contributed by atoms with E-state index in [1.807, 2.05) is 18.4 Å². The summed E-state index contributed by atoms with van der Waals surface area (Å²) in [5, 5.41) is 14.5. The van der Waals surface area contributed by atoms with Crippen LogP contribution in [0.15, 0.2) is 29.6 Å². The third-order valence-corrected chi connectivity index (χ3v) is 4.27. The summed E-state index contributed by atoms with van der Waals surface area (Å²) in [5.74, 6) is -0.941. The lowest BCUT2D eigenvalue weighted by atomic mass is 10.2. The van der Waals surface area contributed by atoms with Crippen molar-refractivity contribution in [3.05, 3.63) is 56.5 Å². The summed E-state index contributed by atoms with van der Waals surface area (Å²) in [6, 6.07) is 5.47. The molecule has 1 aromatic heterocycles. The highest BCUT2D eigenvalue weighted by Crippen LogP contribution is 2.23. The van der Waals surface area contributed by atoms with Gasteiger partial charge in [0.25, 0.3) is 5.91 Å². The number of aliphatic hydroxyl groups is 1. The van der Waals surface area contributed by atoms with Crippen molar-refractivity contribution in [3.63, 3.8) is 0 Å². The van der Waals surface area contributed by atoms with Crippen LogP contribution in [-0.2, 0) is 0 Å². The van der Waals surface area contributed by atoms with Crippen LogP contribution < -0.4 is 5.32 Å². The van der Waals surface area contributed by atoms with E-state index in [4.69, 9.17) is 11.6 Å². The van der Waals surface area contributed by atoms with Gasteiger partial charge in [-0.15, -0.1) is 11.3 Å². The van der Waals surface area contributed by atoms with Crippen LogP contribution >= 0.6 is 22.9 Å². The van der Waals surface area contributed by atoms with Gasteiger partial charge in [0, 0.05) is 11.4 Å². The first-order valence-corrected chi connectivity index (χ1v) is 7.20. The molecule has 1 atom stereocenters. The minimum Gasteiger partial charge on any atom is -0.386 e. The lowest BCUT2D eigenvalue weighted by molar-refractivity contribution is 0.0918. The van der Waals surface area contributed by atoms with Crippen LogP contribution in [0, 0.1) is 12.7 Å². The Hall–Kier alpha value is -1.43. The molecule has 0 saturated heterocycles. The molecular formula is C14H13ClFNO2S. The fraction of sp³-hybridized carbons (Fsp3) is 0.214. The molecule has 0 spiro atoms. The van der Waals surface area contributed by atoms with Crippen LogP contribution in [0.25, 0.3) is 0 Å². The molecule has 0 aliphatic rings. The summed E-state index contributed by atoms with van der Waals surface area (Å²) in [4.78, 5) is 12.7. The van der Waals surface area contributed by atoms with Crippen LogP contribution in [0.2, 0.25) is 5.02 Å². The molecule has 0 saturated carbocycles. The molecule has 0 aliphatic heterocycles. The lowest BCUT2D eigenvalue weighted by Crippen LogP contribution is -2.28. The Balaban J connectivity index is 2.00. The zero-order valence-electron chi connectivity index (χ0n) is 10.7. The summed E-state index contributed by atoms with van der Waals surface area (Å²) < 4.78 is 12.9. The smallest absolute Gasteiger partial charge is 0.252 e. The average molecular weight is 314 g/mol. The molecule has 2 rings (SSSR count). The predicted octanol–water partition coefficient (Wildman–Crippen LogP) is 3.31. The Morgan fingerprint density at radius 3 is 2.85 bits per heavy atom. The van der Waals surface area contributed by atoms with E-state index < -0.39 is 17.8 Å². The molecule has 1 heterocycles. The van der Waals surface area contributed by atoms with Gasteiger partial charge in [0.2, 0.25) is 0 Å². The summed E-state index contributed by atoms with van der Waals surface area (Å²) in [6.45, 7) is 1.97. The Kier molecular flexibility index (Phi) is 4.75. The first-order valence-electron chi connectivity index (χ1n) is 5.94. The van der Waals surface area contributed by atoms with E-state index in [9.17, 15) is 14.3 Å². The zero-order valence-corrected chi connectivity index (χ0v) is 12.3. The van der Waals surface area contributed by atoms with Gasteiger partial charge in [-0.25, -0.2) is 4.39 Å². The number of aliphatic hydroxyl groups excluding tert-OH is 1. The number of halogens is 2. The second-order valence-corrected chi connectivity index (χ2v) is 5.67. The molecule has 3 nitrogen and oxygen atoms in total.